The molecule has 42 heavy (non-hydrogen) atoms. The van der Waals surface area contributed by atoms with Crippen molar-refractivity contribution in [2.45, 2.75) is 0 Å². The van der Waals surface area contributed by atoms with Crippen LogP contribution in [0.25, 0.3) is 22.4 Å². The summed E-state index contributed by atoms with van der Waals surface area (Å²) in [7, 11) is 1.96. The van der Waals surface area contributed by atoms with E-state index in [0.29, 0.717) is 0 Å². The zero-order chi connectivity index (χ0) is 28.3. The van der Waals surface area contributed by atoms with Gasteiger partial charge in [-0.1, -0.05) is 53.1 Å². The van der Waals surface area contributed by atoms with Crippen LogP contribution >= 0.6 is 0 Å². The molecule has 1 aliphatic heterocycles. The Labute approximate surface area is 243 Å². The van der Waals surface area contributed by atoms with E-state index in [1.54, 1.807) is 6.20 Å². The van der Waals surface area contributed by atoms with Gasteiger partial charge < -0.3 is 9.47 Å². The van der Waals surface area contributed by atoms with E-state index in [1.165, 1.54) is 0 Å². The summed E-state index contributed by atoms with van der Waals surface area (Å²) < 4.78 is 16.3. The summed E-state index contributed by atoms with van der Waals surface area (Å²) in [6, 6.07) is 43.3. The Hall–Kier alpha value is -5.84. The predicted octanol–water partition coefficient (Wildman–Crippen LogP) is 8.69. The maximum Gasteiger partial charge on any atom is 0.496 e. The first-order valence-corrected chi connectivity index (χ1v) is 13.6. The zero-order valence-electron chi connectivity index (χ0n) is 22.9. The third-order valence-corrected chi connectivity index (χ3v) is 6.98. The molecule has 4 aromatic carbocycles. The molecule has 6 nitrogen and oxygen atoms in total. The van der Waals surface area contributed by atoms with Crippen LogP contribution in [-0.4, -0.2) is 27.6 Å². The lowest BCUT2D eigenvalue weighted by molar-refractivity contribution is -0.394. The quantitative estimate of drug-likeness (QED) is 0.188. The van der Waals surface area contributed by atoms with Crippen LogP contribution in [-0.2, 0) is 0 Å². The highest BCUT2D eigenvalue weighted by Gasteiger charge is 2.32. The van der Waals surface area contributed by atoms with Crippen LogP contribution in [0, 0.1) is 0 Å². The first-order valence-electron chi connectivity index (χ1n) is 13.6. The molecular weight excluding hydrogens is 520 g/mol. The van der Waals surface area contributed by atoms with Gasteiger partial charge in [-0.05, 0) is 70.3 Å². The average Bonchev–Trinajstić information content (AvgIpc) is 3.38. The highest BCUT2D eigenvalue weighted by molar-refractivity contribution is 5.74. The Balaban J connectivity index is 1.13. The molecule has 0 saturated carbocycles. The molecule has 3 heterocycles. The zero-order valence-corrected chi connectivity index (χ0v) is 22.9. The van der Waals surface area contributed by atoms with Gasteiger partial charge in [0, 0.05) is 30.1 Å². The van der Waals surface area contributed by atoms with Crippen molar-refractivity contribution >= 4 is 23.1 Å². The lowest BCUT2D eigenvalue weighted by Crippen LogP contribution is -1.99. The molecule has 200 valence electrons. The Morgan fingerprint density at radius 3 is 2.07 bits per heavy atom. The van der Waals surface area contributed by atoms with E-state index in [-0.39, 0.29) is 0 Å². The molecule has 0 bridgehead atoms. The fraction of sp³-hybridized carbons (Fsp3) is 0.0278. The molecule has 0 aliphatic carbocycles. The van der Waals surface area contributed by atoms with E-state index in [4.69, 9.17) is 9.47 Å². The predicted molar refractivity (Wildman–Crippen MR) is 165 cm³/mol. The second-order valence-corrected chi connectivity index (χ2v) is 9.86. The van der Waals surface area contributed by atoms with E-state index in [1.807, 2.05) is 138 Å². The number of hydrogen-bond donors (Lipinski definition) is 0. The van der Waals surface area contributed by atoms with Crippen molar-refractivity contribution in [3.63, 3.8) is 0 Å². The molecule has 1 aliphatic rings. The normalized spacial score (nSPS) is 11.8. The van der Waals surface area contributed by atoms with Gasteiger partial charge in [-0.2, -0.15) is 0 Å². The maximum absolute atomic E-state index is 6.32. The number of rotatable bonds is 7. The molecule has 2 aromatic heterocycles. The molecule has 0 amide bonds. The van der Waals surface area contributed by atoms with Gasteiger partial charge in [-0.25, -0.2) is 0 Å². The van der Waals surface area contributed by atoms with E-state index in [9.17, 15) is 0 Å². The second kappa shape index (κ2) is 11.0. The minimum absolute atomic E-state index is 0.728. The third kappa shape index (κ3) is 5.18. The molecular formula is C36H26N4O2+2. The summed E-state index contributed by atoms with van der Waals surface area (Å²) in [5, 5.41) is 0. The fourth-order valence-electron chi connectivity index (χ4n) is 4.95. The number of aromatic nitrogens is 2. The van der Waals surface area contributed by atoms with Crippen LogP contribution < -0.4 is 14.0 Å². The van der Waals surface area contributed by atoms with E-state index >= 15 is 0 Å². The number of fused-ring (bicyclic) bond motifs is 1. The number of pyridine rings is 2. The van der Waals surface area contributed by atoms with Crippen molar-refractivity contribution in [3.8, 4) is 45.4 Å². The van der Waals surface area contributed by atoms with E-state index in [0.717, 1.165) is 62.4 Å². The maximum atomic E-state index is 6.32. The number of ether oxygens (including phenoxy) is 2. The summed E-state index contributed by atoms with van der Waals surface area (Å²) in [4.78, 5) is 8.90. The van der Waals surface area contributed by atoms with Gasteiger partial charge in [-0.15, -0.1) is 0 Å². The van der Waals surface area contributed by atoms with Crippen molar-refractivity contribution in [2.24, 2.45) is 0 Å². The summed E-state index contributed by atoms with van der Waals surface area (Å²) in [6.07, 6.45) is 5.46. The molecule has 0 spiro atoms. The largest absolute Gasteiger partial charge is 0.496 e. The van der Waals surface area contributed by atoms with Crippen LogP contribution in [0.2, 0.25) is 0 Å². The second-order valence-electron chi connectivity index (χ2n) is 9.86. The topological polar surface area (TPSA) is 50.3 Å². The van der Waals surface area contributed by atoms with Gasteiger partial charge in [0.1, 0.15) is 29.2 Å². The number of nitrogens with zero attached hydrogens (tertiary/aromatic N) is 4. The number of hydrogen-bond acceptors (Lipinski definition) is 4. The average molecular weight is 547 g/mol. The summed E-state index contributed by atoms with van der Waals surface area (Å²) in [5.41, 5.74) is 6.90. The highest BCUT2D eigenvalue weighted by Crippen LogP contribution is 2.35. The molecule has 0 atom stereocenters. The minimum atomic E-state index is 0.728. The van der Waals surface area contributed by atoms with E-state index in [2.05, 4.69) is 28.1 Å². The van der Waals surface area contributed by atoms with Crippen molar-refractivity contribution in [1.82, 2.24) is 14.5 Å². The molecule has 0 saturated heterocycles. The van der Waals surface area contributed by atoms with Crippen LogP contribution in [0.4, 0.5) is 17.1 Å². The number of para-hydroxylation sites is 1. The summed E-state index contributed by atoms with van der Waals surface area (Å²) >= 11 is 0. The Morgan fingerprint density at radius 1 is 0.571 bits per heavy atom. The van der Waals surface area contributed by atoms with E-state index < -0.39 is 0 Å². The van der Waals surface area contributed by atoms with Crippen LogP contribution in [0.15, 0.2) is 140 Å². The van der Waals surface area contributed by atoms with Gasteiger partial charge in [-0.3, -0.25) is 9.97 Å². The highest BCUT2D eigenvalue weighted by atomic mass is 16.5. The molecule has 0 N–H and O–H groups in total. The number of benzene rings is 4. The molecule has 7 rings (SSSR count). The third-order valence-electron chi connectivity index (χ3n) is 6.98. The Morgan fingerprint density at radius 2 is 1.24 bits per heavy atom. The lowest BCUT2D eigenvalue weighted by Gasteiger charge is -2.10. The standard InChI is InChI=1S/C36H26N4O2/c1-39-25-40(35-17-18-37-24-36(35)39)29-10-7-15-33(23-29)42-32-14-6-9-28(21-32)34-22-27(16-19-38-34)26-8-5-13-31(20-26)41-30-11-3-2-4-12-30/h2-24H,1H3/q+2. The molecule has 0 unspecified atom stereocenters. The monoisotopic (exact) mass is 546 g/mol. The summed E-state index contributed by atoms with van der Waals surface area (Å²) in [6.45, 7) is 0. The lowest BCUT2D eigenvalue weighted by atomic mass is 10.0. The van der Waals surface area contributed by atoms with Gasteiger partial charge in [0.2, 0.25) is 5.69 Å². The first kappa shape index (κ1) is 25.1. The van der Waals surface area contributed by atoms with Crippen LogP contribution in [0.1, 0.15) is 0 Å². The minimum Gasteiger partial charge on any atom is -0.457 e. The van der Waals surface area contributed by atoms with Gasteiger partial charge in [0.25, 0.3) is 0 Å². The molecule has 6 aromatic rings. The van der Waals surface area contributed by atoms with Crippen LogP contribution in [0.3, 0.4) is 0 Å². The Kier molecular flexibility index (Phi) is 6.57. The Bertz CT molecular complexity index is 2000. The molecule has 0 fully saturated rings. The van der Waals surface area contributed by atoms with Gasteiger partial charge >= 0.3 is 17.4 Å². The first-order chi connectivity index (χ1) is 20.7. The molecule has 0 radical (unpaired) electrons. The van der Waals surface area contributed by atoms with Gasteiger partial charge in [0.05, 0.1) is 11.8 Å². The van der Waals surface area contributed by atoms with Crippen molar-refractivity contribution in [2.75, 3.05) is 7.05 Å². The van der Waals surface area contributed by atoms with Crippen LogP contribution in [0.5, 0.6) is 23.0 Å². The fourth-order valence-corrected chi connectivity index (χ4v) is 4.95. The SMILES string of the molecule is C[N+]1=C=[N+](c2cccc(Oc3cccc(-c4cc(-c5cccc(Oc6ccccc6)c5)ccn4)c3)c2)c2ccncc21. The van der Waals surface area contributed by atoms with Crippen molar-refractivity contribution in [3.05, 3.63) is 140 Å². The van der Waals surface area contributed by atoms with Crippen molar-refractivity contribution < 1.29 is 14.0 Å². The smallest absolute Gasteiger partial charge is 0.457 e. The van der Waals surface area contributed by atoms with Gasteiger partial charge in [0.15, 0.2) is 7.05 Å². The molecule has 6 heteroatoms. The van der Waals surface area contributed by atoms with Crippen molar-refractivity contribution in [1.29, 1.82) is 0 Å². The summed E-state index contributed by atoms with van der Waals surface area (Å²) in [5.74, 6) is 3.05.